The molecule has 0 spiro atoms. The maximum atomic E-state index is 13.4. The highest BCUT2D eigenvalue weighted by Gasteiger charge is 2.39. The smallest absolute Gasteiger partial charge is 0.278 e. The Kier molecular flexibility index (Phi) is 5.60. The number of nitrogens with one attached hydrogen (secondary N) is 1. The number of H-pyrrole nitrogens is 1. The SMILES string of the molecule is O=S(=O)(c1ccc(C(F)(F)F)cc1)N1C=Cc2[nH]ncc2C1c1cc(C(F)(F)F)ccc1Br. The van der Waals surface area contributed by atoms with Crippen molar-refractivity contribution in [2.75, 3.05) is 0 Å². The van der Waals surface area contributed by atoms with Crippen molar-refractivity contribution in [2.45, 2.75) is 23.3 Å². The zero-order chi connectivity index (χ0) is 24.2. The van der Waals surface area contributed by atoms with Crippen LogP contribution in [0.15, 0.2) is 64.2 Å². The molecule has 2 heterocycles. The van der Waals surface area contributed by atoms with Crippen molar-refractivity contribution in [1.29, 1.82) is 0 Å². The number of nitrogens with zero attached hydrogens (tertiary/aromatic N) is 2. The Morgan fingerprint density at radius 2 is 1.52 bits per heavy atom. The van der Waals surface area contributed by atoms with E-state index in [1.54, 1.807) is 0 Å². The van der Waals surface area contributed by atoms with Gasteiger partial charge in [0.15, 0.2) is 0 Å². The average molecular weight is 552 g/mol. The molecule has 0 radical (unpaired) electrons. The predicted molar refractivity (Wildman–Crippen MR) is 109 cm³/mol. The number of fused-ring (bicyclic) bond motifs is 1. The van der Waals surface area contributed by atoms with Gasteiger partial charge in [-0.2, -0.15) is 31.4 Å². The van der Waals surface area contributed by atoms with Crippen LogP contribution in [0.25, 0.3) is 6.08 Å². The van der Waals surface area contributed by atoms with Gasteiger partial charge in [0.2, 0.25) is 0 Å². The number of hydrogen-bond donors (Lipinski definition) is 1. The van der Waals surface area contributed by atoms with Crippen molar-refractivity contribution in [3.63, 3.8) is 0 Å². The summed E-state index contributed by atoms with van der Waals surface area (Å²) in [6.07, 6.45) is -5.57. The lowest BCUT2D eigenvalue weighted by Gasteiger charge is -2.33. The lowest BCUT2D eigenvalue weighted by atomic mass is 9.95. The summed E-state index contributed by atoms with van der Waals surface area (Å²) in [5.74, 6) is 0. The second kappa shape index (κ2) is 7.90. The average Bonchev–Trinajstić information content (AvgIpc) is 3.21. The Labute approximate surface area is 191 Å². The van der Waals surface area contributed by atoms with Gasteiger partial charge in [0.05, 0.1) is 34.0 Å². The van der Waals surface area contributed by atoms with Crippen LogP contribution in [0.1, 0.15) is 34.0 Å². The van der Waals surface area contributed by atoms with Gasteiger partial charge in [0, 0.05) is 16.2 Å². The topological polar surface area (TPSA) is 66.1 Å². The first-order valence-electron chi connectivity index (χ1n) is 9.09. The van der Waals surface area contributed by atoms with Crippen molar-refractivity contribution < 1.29 is 34.8 Å². The van der Waals surface area contributed by atoms with Crippen LogP contribution >= 0.6 is 15.9 Å². The Morgan fingerprint density at radius 3 is 2.12 bits per heavy atom. The van der Waals surface area contributed by atoms with E-state index >= 15 is 0 Å². The van der Waals surface area contributed by atoms with Crippen LogP contribution in [0, 0.1) is 0 Å². The predicted octanol–water partition coefficient (Wildman–Crippen LogP) is 5.97. The summed E-state index contributed by atoms with van der Waals surface area (Å²) in [5, 5.41) is 6.48. The maximum absolute atomic E-state index is 13.4. The molecule has 1 aromatic heterocycles. The van der Waals surface area contributed by atoms with Gasteiger partial charge in [-0.25, -0.2) is 8.42 Å². The molecule has 1 aliphatic heterocycles. The summed E-state index contributed by atoms with van der Waals surface area (Å²) in [5.41, 5.74) is -1.40. The van der Waals surface area contributed by atoms with E-state index in [1.165, 1.54) is 12.3 Å². The minimum atomic E-state index is -4.68. The van der Waals surface area contributed by atoms with Crippen LogP contribution in [0.2, 0.25) is 0 Å². The molecule has 0 saturated heterocycles. The van der Waals surface area contributed by atoms with Gasteiger partial charge in [-0.05, 0) is 54.1 Å². The molecule has 3 aromatic rings. The van der Waals surface area contributed by atoms with E-state index in [1.807, 2.05) is 0 Å². The molecule has 2 aromatic carbocycles. The largest absolute Gasteiger partial charge is 0.416 e. The number of halogens is 7. The van der Waals surface area contributed by atoms with Crippen molar-refractivity contribution in [3.8, 4) is 0 Å². The number of hydrogen-bond acceptors (Lipinski definition) is 3. The molecule has 0 saturated carbocycles. The zero-order valence-corrected chi connectivity index (χ0v) is 18.5. The second-order valence-electron chi connectivity index (χ2n) is 7.05. The first-order chi connectivity index (χ1) is 15.3. The lowest BCUT2D eigenvalue weighted by Crippen LogP contribution is -2.33. The molecule has 0 bridgehead atoms. The highest BCUT2D eigenvalue weighted by molar-refractivity contribution is 9.10. The molecule has 33 heavy (non-hydrogen) atoms. The fourth-order valence-corrected chi connectivity index (χ4v) is 5.33. The van der Waals surface area contributed by atoms with Crippen molar-refractivity contribution >= 4 is 32.0 Å². The molecule has 174 valence electrons. The summed E-state index contributed by atoms with van der Waals surface area (Å²) in [6, 6.07) is 4.39. The number of aromatic amines is 1. The molecule has 0 amide bonds. The number of sulfonamides is 1. The molecule has 13 heteroatoms. The molecule has 1 unspecified atom stereocenters. The molecular weight excluding hydrogens is 540 g/mol. The molecule has 4 rings (SSSR count). The van der Waals surface area contributed by atoms with E-state index in [-0.39, 0.29) is 15.6 Å². The van der Waals surface area contributed by atoms with E-state index in [2.05, 4.69) is 26.1 Å². The Morgan fingerprint density at radius 1 is 0.909 bits per heavy atom. The van der Waals surface area contributed by atoms with Gasteiger partial charge < -0.3 is 0 Å². The third-order valence-electron chi connectivity index (χ3n) is 5.01. The minimum absolute atomic E-state index is 0.0210. The van der Waals surface area contributed by atoms with Gasteiger partial charge >= 0.3 is 12.4 Å². The monoisotopic (exact) mass is 551 g/mol. The Bertz CT molecular complexity index is 1330. The van der Waals surface area contributed by atoms with E-state index in [9.17, 15) is 34.8 Å². The normalized spacial score (nSPS) is 16.7. The number of rotatable bonds is 3. The fourth-order valence-electron chi connectivity index (χ4n) is 3.42. The third kappa shape index (κ3) is 4.26. The van der Waals surface area contributed by atoms with Crippen molar-refractivity contribution in [2.24, 2.45) is 0 Å². The number of aromatic nitrogens is 2. The Balaban J connectivity index is 1.86. The maximum Gasteiger partial charge on any atom is 0.416 e. The fraction of sp³-hybridized carbons (Fsp3) is 0.150. The first-order valence-corrected chi connectivity index (χ1v) is 11.3. The molecule has 1 N–H and O–H groups in total. The van der Waals surface area contributed by atoms with Crippen LogP contribution in [0.3, 0.4) is 0 Å². The van der Waals surface area contributed by atoms with E-state index in [0.29, 0.717) is 17.8 Å². The summed E-state index contributed by atoms with van der Waals surface area (Å²) in [4.78, 5) is -0.458. The van der Waals surface area contributed by atoms with Gasteiger partial charge in [0.25, 0.3) is 10.0 Å². The zero-order valence-electron chi connectivity index (χ0n) is 16.1. The summed E-state index contributed by atoms with van der Waals surface area (Å²) < 4.78 is 107. The van der Waals surface area contributed by atoms with E-state index in [0.717, 1.165) is 40.8 Å². The van der Waals surface area contributed by atoms with Gasteiger partial charge in [-0.3, -0.25) is 9.40 Å². The second-order valence-corrected chi connectivity index (χ2v) is 9.75. The minimum Gasteiger partial charge on any atom is -0.278 e. The Hall–Kier alpha value is -2.80. The quantitative estimate of drug-likeness (QED) is 0.407. The molecule has 1 atom stereocenters. The van der Waals surface area contributed by atoms with Crippen LogP contribution in [-0.2, 0) is 22.4 Å². The molecule has 5 nitrogen and oxygen atoms in total. The summed E-state index contributed by atoms with van der Waals surface area (Å²) in [6.45, 7) is 0. The standard InChI is InChI=1S/C20H12BrF6N3O2S/c21-16-6-3-12(20(25,26)27)9-14(16)18-15-10-28-29-17(15)7-8-30(18)33(31,32)13-4-1-11(2-5-13)19(22,23)24/h1-10,18H,(H,28,29). The molecular formula is C20H12BrF6N3O2S. The van der Waals surface area contributed by atoms with Crippen LogP contribution < -0.4 is 0 Å². The molecule has 1 aliphatic rings. The first kappa shape index (κ1) is 23.4. The third-order valence-corrected chi connectivity index (χ3v) is 7.49. The van der Waals surface area contributed by atoms with E-state index < -0.39 is 44.4 Å². The van der Waals surface area contributed by atoms with Crippen LogP contribution in [0.4, 0.5) is 26.3 Å². The molecule has 0 aliphatic carbocycles. The van der Waals surface area contributed by atoms with E-state index in [4.69, 9.17) is 0 Å². The van der Waals surface area contributed by atoms with Gasteiger partial charge in [-0.1, -0.05) is 15.9 Å². The van der Waals surface area contributed by atoms with Crippen LogP contribution in [0.5, 0.6) is 0 Å². The molecule has 0 fully saturated rings. The van der Waals surface area contributed by atoms with Crippen molar-refractivity contribution in [1.82, 2.24) is 14.5 Å². The lowest BCUT2D eigenvalue weighted by molar-refractivity contribution is -0.138. The summed E-state index contributed by atoms with van der Waals surface area (Å²) >= 11 is 3.19. The highest BCUT2D eigenvalue weighted by atomic mass is 79.9. The number of alkyl halides is 6. The van der Waals surface area contributed by atoms with Crippen molar-refractivity contribution in [3.05, 3.63) is 87.3 Å². The van der Waals surface area contributed by atoms with Gasteiger partial charge in [0.1, 0.15) is 0 Å². The number of benzene rings is 2. The highest BCUT2D eigenvalue weighted by Crippen LogP contribution is 2.43. The van der Waals surface area contributed by atoms with Gasteiger partial charge in [-0.15, -0.1) is 0 Å². The van der Waals surface area contributed by atoms with Crippen LogP contribution in [-0.4, -0.2) is 22.9 Å². The summed E-state index contributed by atoms with van der Waals surface area (Å²) in [7, 11) is -4.47.